The van der Waals surface area contributed by atoms with Crippen LogP contribution in [0.2, 0.25) is 0 Å². The Kier molecular flexibility index (Phi) is 5.56. The molecule has 0 atom stereocenters. The molecule has 9 nitrogen and oxygen atoms in total. The number of imide groups is 1. The lowest BCUT2D eigenvalue weighted by Crippen LogP contribution is -2.29. The van der Waals surface area contributed by atoms with Crippen LogP contribution < -0.4 is 10.2 Å². The zero-order valence-corrected chi connectivity index (χ0v) is 18.9. The van der Waals surface area contributed by atoms with Gasteiger partial charge >= 0.3 is 0 Å². The highest BCUT2D eigenvalue weighted by Crippen LogP contribution is 2.35. The number of hydrogen-bond donors (Lipinski definition) is 1. The number of fused-ring (bicyclic) bond motifs is 2. The second kappa shape index (κ2) is 8.69. The van der Waals surface area contributed by atoms with Crippen molar-refractivity contribution in [2.45, 2.75) is 4.34 Å². The van der Waals surface area contributed by atoms with Crippen LogP contribution >= 0.6 is 23.1 Å². The van der Waals surface area contributed by atoms with Gasteiger partial charge in [-0.15, -0.1) is 11.3 Å². The summed E-state index contributed by atoms with van der Waals surface area (Å²) >= 11 is 2.61. The Bertz CT molecular complexity index is 1450. The van der Waals surface area contributed by atoms with Gasteiger partial charge in [0.1, 0.15) is 0 Å². The van der Waals surface area contributed by atoms with Crippen molar-refractivity contribution in [3.05, 3.63) is 88.0 Å². The molecule has 3 aromatic carbocycles. The van der Waals surface area contributed by atoms with Crippen molar-refractivity contribution in [2.75, 3.05) is 16.0 Å². The first-order valence-electron chi connectivity index (χ1n) is 9.96. The van der Waals surface area contributed by atoms with Gasteiger partial charge in [-0.3, -0.25) is 24.5 Å². The molecule has 1 N–H and O–H groups in total. The number of carbonyl (C=O) groups excluding carboxylic acids is 3. The molecule has 1 aromatic heterocycles. The van der Waals surface area contributed by atoms with Crippen molar-refractivity contribution in [3.8, 4) is 0 Å². The normalized spacial score (nSPS) is 12.8. The topological polar surface area (TPSA) is 123 Å². The number of thiazole rings is 1. The fourth-order valence-corrected chi connectivity index (χ4v) is 5.41. The van der Waals surface area contributed by atoms with E-state index in [1.165, 1.54) is 47.4 Å². The highest BCUT2D eigenvalue weighted by Gasteiger charge is 2.36. The summed E-state index contributed by atoms with van der Waals surface area (Å²) in [7, 11) is 0. The van der Waals surface area contributed by atoms with E-state index < -0.39 is 4.92 Å². The van der Waals surface area contributed by atoms with Gasteiger partial charge < -0.3 is 5.32 Å². The van der Waals surface area contributed by atoms with E-state index in [-0.39, 0.29) is 29.2 Å². The van der Waals surface area contributed by atoms with Crippen molar-refractivity contribution in [2.24, 2.45) is 0 Å². The largest absolute Gasteiger partial charge is 0.325 e. The van der Waals surface area contributed by atoms with Crippen LogP contribution in [0.3, 0.4) is 0 Å². The molecule has 0 fully saturated rings. The average molecular weight is 491 g/mol. The first-order valence-corrected chi connectivity index (χ1v) is 11.8. The molecule has 0 unspecified atom stereocenters. The lowest BCUT2D eigenvalue weighted by molar-refractivity contribution is -0.384. The summed E-state index contributed by atoms with van der Waals surface area (Å²) in [6.45, 7) is 0. The second-order valence-electron chi connectivity index (χ2n) is 7.26. The number of nitrogens with zero attached hydrogens (tertiary/aromatic N) is 3. The van der Waals surface area contributed by atoms with Crippen LogP contribution in [0.1, 0.15) is 20.7 Å². The molecular formula is C23H14N4O5S2. The van der Waals surface area contributed by atoms with E-state index in [9.17, 15) is 24.5 Å². The number of carbonyl (C=O) groups is 3. The monoisotopic (exact) mass is 490 g/mol. The Balaban J connectivity index is 1.27. The van der Waals surface area contributed by atoms with E-state index in [0.29, 0.717) is 32.4 Å². The van der Waals surface area contributed by atoms with Gasteiger partial charge in [-0.2, -0.15) is 0 Å². The number of amides is 3. The van der Waals surface area contributed by atoms with Crippen LogP contribution in [-0.4, -0.2) is 33.4 Å². The summed E-state index contributed by atoms with van der Waals surface area (Å²) in [4.78, 5) is 53.6. The summed E-state index contributed by atoms with van der Waals surface area (Å²) in [6.07, 6.45) is 0. The average Bonchev–Trinajstić information content (AvgIpc) is 3.36. The number of benzene rings is 3. The molecular weight excluding hydrogens is 476 g/mol. The van der Waals surface area contributed by atoms with Crippen LogP contribution in [0.15, 0.2) is 71.1 Å². The molecule has 0 saturated heterocycles. The highest BCUT2D eigenvalue weighted by atomic mass is 32.2. The van der Waals surface area contributed by atoms with Gasteiger partial charge in [-0.1, -0.05) is 23.9 Å². The maximum atomic E-state index is 12.7. The quantitative estimate of drug-likeness (QED) is 0.179. The maximum absolute atomic E-state index is 12.7. The van der Waals surface area contributed by atoms with Gasteiger partial charge in [0, 0.05) is 17.8 Å². The fourth-order valence-electron chi connectivity index (χ4n) is 3.51. The Labute approximate surface area is 200 Å². The van der Waals surface area contributed by atoms with E-state index in [0.717, 1.165) is 9.60 Å². The summed E-state index contributed by atoms with van der Waals surface area (Å²) in [5, 5.41) is 13.4. The van der Waals surface area contributed by atoms with Crippen molar-refractivity contribution >= 4 is 68.1 Å². The van der Waals surface area contributed by atoms with Crippen molar-refractivity contribution in [3.63, 3.8) is 0 Å². The predicted molar refractivity (Wildman–Crippen MR) is 130 cm³/mol. The lowest BCUT2D eigenvalue weighted by atomic mass is 10.1. The van der Waals surface area contributed by atoms with Gasteiger partial charge in [-0.25, -0.2) is 9.88 Å². The highest BCUT2D eigenvalue weighted by molar-refractivity contribution is 8.01. The summed E-state index contributed by atoms with van der Waals surface area (Å²) < 4.78 is 1.45. The Morgan fingerprint density at radius 2 is 1.71 bits per heavy atom. The molecule has 5 rings (SSSR count). The maximum Gasteiger partial charge on any atom is 0.269 e. The Hall–Kier alpha value is -4.09. The van der Waals surface area contributed by atoms with E-state index >= 15 is 0 Å². The van der Waals surface area contributed by atoms with Crippen molar-refractivity contribution in [1.29, 1.82) is 0 Å². The number of nitrogens with one attached hydrogen (secondary N) is 1. The van der Waals surface area contributed by atoms with Gasteiger partial charge in [0.05, 0.1) is 37.7 Å². The molecule has 0 radical (unpaired) electrons. The molecule has 34 heavy (non-hydrogen) atoms. The van der Waals surface area contributed by atoms with Crippen LogP contribution in [0, 0.1) is 10.1 Å². The summed E-state index contributed by atoms with van der Waals surface area (Å²) in [5.41, 5.74) is 2.34. The molecule has 0 spiro atoms. The third-order valence-electron chi connectivity index (χ3n) is 5.09. The molecule has 1 aliphatic heterocycles. The minimum absolute atomic E-state index is 0.0533. The first-order chi connectivity index (χ1) is 16.4. The standard InChI is InChI=1S/C23H14N4O5S2/c28-20(24-13-5-7-14(8-6-13)27(31)32)12-33-23-25-18-10-9-15(11-19(18)34-23)26-21(29)16-3-1-2-4-17(16)22(26)30/h1-11H,12H2,(H,24,28). The third kappa shape index (κ3) is 4.02. The van der Waals surface area contributed by atoms with Gasteiger partial charge in [0.15, 0.2) is 4.34 Å². The van der Waals surface area contributed by atoms with Gasteiger partial charge in [-0.05, 0) is 42.5 Å². The van der Waals surface area contributed by atoms with Crippen molar-refractivity contribution < 1.29 is 19.3 Å². The number of hydrogen-bond acceptors (Lipinski definition) is 8. The molecule has 4 aromatic rings. The van der Waals surface area contributed by atoms with Crippen LogP contribution in [-0.2, 0) is 4.79 Å². The zero-order valence-electron chi connectivity index (χ0n) is 17.3. The molecule has 0 saturated carbocycles. The van der Waals surface area contributed by atoms with Crippen LogP contribution in [0.5, 0.6) is 0 Å². The molecule has 3 amide bonds. The van der Waals surface area contributed by atoms with Gasteiger partial charge in [0.2, 0.25) is 5.91 Å². The minimum Gasteiger partial charge on any atom is -0.325 e. The molecule has 168 valence electrons. The molecule has 0 bridgehead atoms. The smallest absolute Gasteiger partial charge is 0.269 e. The van der Waals surface area contributed by atoms with Gasteiger partial charge in [0.25, 0.3) is 17.5 Å². The number of nitro benzene ring substituents is 1. The molecule has 0 aliphatic carbocycles. The number of thioether (sulfide) groups is 1. The SMILES string of the molecule is O=C(CSc1nc2ccc(N3C(=O)c4ccccc4C3=O)cc2s1)Nc1ccc([N+](=O)[O-])cc1. The van der Waals surface area contributed by atoms with Crippen LogP contribution in [0.4, 0.5) is 17.1 Å². The lowest BCUT2D eigenvalue weighted by Gasteiger charge is -2.13. The second-order valence-corrected chi connectivity index (χ2v) is 9.52. The Morgan fingerprint density at radius 1 is 1.03 bits per heavy atom. The van der Waals surface area contributed by atoms with E-state index in [1.807, 2.05) is 0 Å². The minimum atomic E-state index is -0.506. The van der Waals surface area contributed by atoms with Crippen LogP contribution in [0.25, 0.3) is 10.2 Å². The molecule has 11 heteroatoms. The number of rotatable bonds is 6. The number of non-ortho nitro benzene ring substituents is 1. The predicted octanol–water partition coefficient (Wildman–Crippen LogP) is 4.74. The third-order valence-corrected chi connectivity index (χ3v) is 7.25. The number of aromatic nitrogens is 1. The fraction of sp³-hybridized carbons (Fsp3) is 0.0435. The first kappa shape index (κ1) is 21.7. The Morgan fingerprint density at radius 3 is 2.35 bits per heavy atom. The zero-order chi connectivity index (χ0) is 23.8. The summed E-state index contributed by atoms with van der Waals surface area (Å²) in [5.74, 6) is -0.893. The summed E-state index contributed by atoms with van der Waals surface area (Å²) in [6, 6.07) is 17.5. The molecule has 1 aliphatic rings. The van der Waals surface area contributed by atoms with Crippen molar-refractivity contribution in [1.82, 2.24) is 4.98 Å². The number of anilines is 2. The number of nitro groups is 1. The van der Waals surface area contributed by atoms with E-state index in [4.69, 9.17) is 0 Å². The molecule has 2 heterocycles. The van der Waals surface area contributed by atoms with E-state index in [1.54, 1.807) is 42.5 Å². The van der Waals surface area contributed by atoms with E-state index in [2.05, 4.69) is 10.3 Å².